The van der Waals surface area contributed by atoms with Crippen LogP contribution in [0.5, 0.6) is 0 Å². The van der Waals surface area contributed by atoms with Gasteiger partial charge in [0, 0.05) is 6.54 Å². The van der Waals surface area contributed by atoms with Gasteiger partial charge in [-0.3, -0.25) is 14.4 Å². The number of carbonyl (C=O) groups is 3. The molecule has 1 N–H and O–H groups in total. The SMILES string of the molecule is CSC(C)C(=O)NC1(C)CCN(C(C)C(C)=O)C1=O. The second-order valence-corrected chi connectivity index (χ2v) is 6.41. The second kappa shape index (κ2) is 5.94. The fourth-order valence-electron chi connectivity index (χ4n) is 2.06. The van der Waals surface area contributed by atoms with Crippen LogP contribution in [-0.2, 0) is 14.4 Å². The van der Waals surface area contributed by atoms with Gasteiger partial charge in [0.15, 0.2) is 5.78 Å². The number of thioether (sulfide) groups is 1. The summed E-state index contributed by atoms with van der Waals surface area (Å²) in [5.74, 6) is -0.348. The van der Waals surface area contributed by atoms with Crippen LogP contribution >= 0.6 is 11.8 Å². The standard InChI is InChI=1S/C13H22N2O3S/c1-8(9(2)16)15-7-6-13(4,12(15)18)14-11(17)10(3)19-5/h8,10H,6-7H2,1-5H3,(H,14,17). The summed E-state index contributed by atoms with van der Waals surface area (Å²) in [6.45, 7) is 7.23. The maximum Gasteiger partial charge on any atom is 0.248 e. The number of ketones is 1. The molecule has 1 aliphatic heterocycles. The molecule has 0 bridgehead atoms. The van der Waals surface area contributed by atoms with Gasteiger partial charge < -0.3 is 10.2 Å². The van der Waals surface area contributed by atoms with Gasteiger partial charge in [-0.25, -0.2) is 0 Å². The number of rotatable bonds is 5. The van der Waals surface area contributed by atoms with Crippen LogP contribution in [0.2, 0.25) is 0 Å². The molecule has 0 aromatic heterocycles. The number of hydrogen-bond donors (Lipinski definition) is 1. The minimum absolute atomic E-state index is 0.0404. The van der Waals surface area contributed by atoms with E-state index in [-0.39, 0.29) is 22.8 Å². The van der Waals surface area contributed by atoms with E-state index in [1.165, 1.54) is 18.7 Å². The zero-order valence-corrected chi connectivity index (χ0v) is 13.0. The third-order valence-corrected chi connectivity index (χ3v) is 4.68. The summed E-state index contributed by atoms with van der Waals surface area (Å²) < 4.78 is 0. The quantitative estimate of drug-likeness (QED) is 0.812. The molecule has 1 fully saturated rings. The van der Waals surface area contributed by atoms with Crippen molar-refractivity contribution >= 4 is 29.4 Å². The van der Waals surface area contributed by atoms with E-state index in [4.69, 9.17) is 0 Å². The van der Waals surface area contributed by atoms with Crippen molar-refractivity contribution in [2.75, 3.05) is 12.8 Å². The predicted molar refractivity (Wildman–Crippen MR) is 76.0 cm³/mol. The van der Waals surface area contributed by atoms with Crippen LogP contribution in [0.3, 0.4) is 0 Å². The van der Waals surface area contributed by atoms with Gasteiger partial charge in [-0.2, -0.15) is 11.8 Å². The predicted octanol–water partition coefficient (Wildman–Crippen LogP) is 0.823. The van der Waals surface area contributed by atoms with E-state index in [2.05, 4.69) is 5.32 Å². The van der Waals surface area contributed by atoms with Crippen LogP contribution in [0.1, 0.15) is 34.1 Å². The lowest BCUT2D eigenvalue weighted by Gasteiger charge is -2.28. The van der Waals surface area contributed by atoms with Crippen molar-refractivity contribution in [3.63, 3.8) is 0 Å². The van der Waals surface area contributed by atoms with Gasteiger partial charge in [0.2, 0.25) is 11.8 Å². The number of nitrogens with zero attached hydrogens (tertiary/aromatic N) is 1. The Morgan fingerprint density at radius 1 is 1.42 bits per heavy atom. The normalized spacial score (nSPS) is 26.2. The van der Waals surface area contributed by atoms with E-state index in [0.717, 1.165) is 0 Å². The lowest BCUT2D eigenvalue weighted by atomic mass is 10.0. The number of amides is 2. The molecule has 0 saturated carbocycles. The summed E-state index contributed by atoms with van der Waals surface area (Å²) >= 11 is 1.44. The van der Waals surface area contributed by atoms with Gasteiger partial charge in [-0.15, -0.1) is 0 Å². The Morgan fingerprint density at radius 2 is 2.00 bits per heavy atom. The van der Waals surface area contributed by atoms with Crippen molar-refractivity contribution in [1.29, 1.82) is 0 Å². The van der Waals surface area contributed by atoms with Crippen LogP contribution in [0, 0.1) is 0 Å². The van der Waals surface area contributed by atoms with Crippen molar-refractivity contribution in [1.82, 2.24) is 10.2 Å². The average Bonchev–Trinajstić information content (AvgIpc) is 2.64. The van der Waals surface area contributed by atoms with Gasteiger partial charge in [0.05, 0.1) is 11.3 Å². The Balaban J connectivity index is 2.78. The Labute approximate surface area is 118 Å². The van der Waals surface area contributed by atoms with Gasteiger partial charge in [-0.05, 0) is 40.4 Å². The Hall–Kier alpha value is -1.04. The molecule has 0 aromatic rings. The molecule has 0 radical (unpaired) electrons. The number of hydrogen-bond acceptors (Lipinski definition) is 4. The molecule has 108 valence electrons. The second-order valence-electron chi connectivity index (χ2n) is 5.23. The first-order valence-corrected chi connectivity index (χ1v) is 7.68. The number of carbonyl (C=O) groups excluding carboxylic acids is 3. The zero-order valence-electron chi connectivity index (χ0n) is 12.1. The monoisotopic (exact) mass is 286 g/mol. The summed E-state index contributed by atoms with van der Waals surface area (Å²) in [7, 11) is 0. The van der Waals surface area contributed by atoms with Gasteiger partial charge >= 0.3 is 0 Å². The summed E-state index contributed by atoms with van der Waals surface area (Å²) in [5.41, 5.74) is -0.884. The molecule has 1 aliphatic rings. The van der Waals surface area contributed by atoms with Crippen molar-refractivity contribution in [3.05, 3.63) is 0 Å². The molecule has 0 spiro atoms. The van der Waals surface area contributed by atoms with Gasteiger partial charge in [0.25, 0.3) is 0 Å². The molecular formula is C13H22N2O3S. The van der Waals surface area contributed by atoms with E-state index < -0.39 is 11.6 Å². The van der Waals surface area contributed by atoms with Crippen LogP contribution in [0.15, 0.2) is 0 Å². The fraction of sp³-hybridized carbons (Fsp3) is 0.769. The van der Waals surface area contributed by atoms with Crippen molar-refractivity contribution in [3.8, 4) is 0 Å². The van der Waals surface area contributed by atoms with E-state index in [1.807, 2.05) is 6.26 Å². The first-order valence-electron chi connectivity index (χ1n) is 6.39. The maximum atomic E-state index is 12.4. The van der Waals surface area contributed by atoms with E-state index in [0.29, 0.717) is 13.0 Å². The number of Topliss-reactive ketones (excluding diaryl/α,β-unsaturated/α-hetero) is 1. The third-order valence-electron chi connectivity index (χ3n) is 3.76. The van der Waals surface area contributed by atoms with E-state index in [1.54, 1.807) is 25.7 Å². The highest BCUT2D eigenvalue weighted by Crippen LogP contribution is 2.25. The van der Waals surface area contributed by atoms with E-state index in [9.17, 15) is 14.4 Å². The smallest absolute Gasteiger partial charge is 0.248 e. The van der Waals surface area contributed by atoms with Crippen LogP contribution in [0.25, 0.3) is 0 Å². The molecule has 1 saturated heterocycles. The van der Waals surface area contributed by atoms with Gasteiger partial charge in [0.1, 0.15) is 5.54 Å². The Kier molecular flexibility index (Phi) is 5.01. The van der Waals surface area contributed by atoms with Crippen molar-refractivity contribution < 1.29 is 14.4 Å². The molecule has 19 heavy (non-hydrogen) atoms. The summed E-state index contributed by atoms with van der Waals surface area (Å²) in [6.07, 6.45) is 2.39. The minimum Gasteiger partial charge on any atom is -0.341 e. The highest BCUT2D eigenvalue weighted by molar-refractivity contribution is 7.99. The van der Waals surface area contributed by atoms with E-state index >= 15 is 0 Å². The summed E-state index contributed by atoms with van der Waals surface area (Å²) in [4.78, 5) is 37.2. The molecule has 3 atom stereocenters. The maximum absolute atomic E-state index is 12.4. The van der Waals surface area contributed by atoms with Crippen LogP contribution in [-0.4, -0.2) is 52.1 Å². The molecule has 1 rings (SSSR count). The molecule has 2 amide bonds. The third kappa shape index (κ3) is 3.29. The first-order chi connectivity index (χ1) is 8.73. The molecule has 6 heteroatoms. The molecule has 3 unspecified atom stereocenters. The zero-order chi connectivity index (χ0) is 14.8. The topological polar surface area (TPSA) is 66.5 Å². The largest absolute Gasteiger partial charge is 0.341 e. The molecule has 1 heterocycles. The Bertz CT molecular complexity index is 399. The highest BCUT2D eigenvalue weighted by atomic mass is 32.2. The number of likely N-dealkylation sites (tertiary alicyclic amines) is 1. The first kappa shape index (κ1) is 16.0. The van der Waals surface area contributed by atoms with Crippen molar-refractivity contribution in [2.45, 2.75) is 50.9 Å². The van der Waals surface area contributed by atoms with Crippen LogP contribution in [0.4, 0.5) is 0 Å². The molecular weight excluding hydrogens is 264 g/mol. The Morgan fingerprint density at radius 3 is 2.47 bits per heavy atom. The summed E-state index contributed by atoms with van der Waals surface area (Å²) in [6, 6.07) is -0.427. The minimum atomic E-state index is -0.884. The van der Waals surface area contributed by atoms with Gasteiger partial charge in [-0.1, -0.05) is 0 Å². The fourth-order valence-corrected chi connectivity index (χ4v) is 2.33. The molecule has 5 nitrogen and oxygen atoms in total. The lowest BCUT2D eigenvalue weighted by molar-refractivity contribution is -0.140. The van der Waals surface area contributed by atoms with Crippen molar-refractivity contribution in [2.24, 2.45) is 0 Å². The number of nitrogens with one attached hydrogen (secondary N) is 1. The average molecular weight is 286 g/mol. The highest BCUT2D eigenvalue weighted by Gasteiger charge is 2.46. The molecule has 0 aliphatic carbocycles. The lowest BCUT2D eigenvalue weighted by Crippen LogP contribution is -2.55. The van der Waals surface area contributed by atoms with Crippen LogP contribution < -0.4 is 5.32 Å². The summed E-state index contributed by atoms with van der Waals surface area (Å²) in [5, 5.41) is 2.63. The molecule has 0 aromatic carbocycles.